The molecule has 2 atom stereocenters. The molecule has 0 heterocycles. The van der Waals surface area contributed by atoms with Gasteiger partial charge in [0.05, 0.1) is 49.8 Å². The minimum Gasteiger partial charge on any atom is -0.497 e. The van der Waals surface area contributed by atoms with Crippen LogP contribution in [0, 0.1) is 0 Å². The summed E-state index contributed by atoms with van der Waals surface area (Å²) >= 11 is 0. The normalized spacial score (nSPS) is 16.5. The summed E-state index contributed by atoms with van der Waals surface area (Å²) in [6.45, 7) is 0. The molecule has 0 unspecified atom stereocenters. The average Bonchev–Trinajstić information content (AvgIpc) is 3.37. The number of rotatable bonds is 10. The lowest BCUT2D eigenvalue weighted by Gasteiger charge is -2.25. The number of methoxy groups -OCH3 is 7. The lowest BCUT2D eigenvalue weighted by molar-refractivity contribution is 0.354. The lowest BCUT2D eigenvalue weighted by Crippen LogP contribution is -2.10. The minimum atomic E-state index is -0.151. The zero-order valence-corrected chi connectivity index (χ0v) is 25.0. The third kappa shape index (κ3) is 5.30. The van der Waals surface area contributed by atoms with Gasteiger partial charge in [0.25, 0.3) is 0 Å². The first kappa shape index (κ1) is 28.7. The molecule has 42 heavy (non-hydrogen) atoms. The molecule has 1 aliphatic carbocycles. The van der Waals surface area contributed by atoms with E-state index >= 15 is 0 Å². The Balaban J connectivity index is 1.85. The van der Waals surface area contributed by atoms with Crippen LogP contribution in [0.25, 0.3) is 11.6 Å². The molecule has 0 aliphatic heterocycles. The third-order valence-corrected chi connectivity index (χ3v) is 7.80. The van der Waals surface area contributed by atoms with E-state index < -0.39 is 0 Å². The van der Waals surface area contributed by atoms with Crippen LogP contribution in [0.5, 0.6) is 40.2 Å². The van der Waals surface area contributed by atoms with Gasteiger partial charge in [0.15, 0.2) is 11.5 Å². The molecule has 0 saturated carbocycles. The van der Waals surface area contributed by atoms with Gasteiger partial charge in [-0.15, -0.1) is 0 Å². The number of benzene rings is 4. The average molecular weight is 569 g/mol. The Morgan fingerprint density at radius 3 is 1.62 bits per heavy atom. The van der Waals surface area contributed by atoms with E-state index in [4.69, 9.17) is 33.2 Å². The fraction of sp³-hybridized carbons (Fsp3) is 0.257. The Bertz CT molecular complexity index is 1570. The summed E-state index contributed by atoms with van der Waals surface area (Å²) < 4.78 is 39.9. The van der Waals surface area contributed by atoms with E-state index in [1.807, 2.05) is 36.4 Å². The van der Waals surface area contributed by atoms with Gasteiger partial charge in [-0.2, -0.15) is 0 Å². The molecule has 0 radical (unpaired) electrons. The summed E-state index contributed by atoms with van der Waals surface area (Å²) in [5, 5.41) is 0. The fourth-order valence-electron chi connectivity index (χ4n) is 5.80. The largest absolute Gasteiger partial charge is 0.497 e. The van der Waals surface area contributed by atoms with E-state index in [0.717, 1.165) is 44.9 Å². The van der Waals surface area contributed by atoms with Crippen molar-refractivity contribution in [1.29, 1.82) is 0 Å². The molecule has 0 N–H and O–H groups in total. The van der Waals surface area contributed by atoms with Gasteiger partial charge in [0.2, 0.25) is 0 Å². The van der Waals surface area contributed by atoms with E-state index in [1.165, 1.54) is 0 Å². The first-order valence-corrected chi connectivity index (χ1v) is 13.5. The summed E-state index contributed by atoms with van der Waals surface area (Å²) in [5.74, 6) is 4.67. The Labute approximate surface area is 247 Å². The van der Waals surface area contributed by atoms with Crippen molar-refractivity contribution < 1.29 is 33.2 Å². The van der Waals surface area contributed by atoms with Crippen LogP contribution in [0.3, 0.4) is 0 Å². The molecule has 0 spiro atoms. The van der Waals surface area contributed by atoms with Gasteiger partial charge in [-0.1, -0.05) is 24.3 Å². The zero-order valence-electron chi connectivity index (χ0n) is 25.0. The smallest absolute Gasteiger partial charge is 0.161 e. The molecule has 1 aliphatic rings. The lowest BCUT2D eigenvalue weighted by atomic mass is 9.79. The molecule has 4 aromatic carbocycles. The van der Waals surface area contributed by atoms with E-state index in [0.29, 0.717) is 28.7 Å². The third-order valence-electron chi connectivity index (χ3n) is 7.80. The monoisotopic (exact) mass is 568 g/mol. The van der Waals surface area contributed by atoms with Gasteiger partial charge in [-0.25, -0.2) is 0 Å². The van der Waals surface area contributed by atoms with Crippen LogP contribution in [-0.2, 0) is 0 Å². The maximum absolute atomic E-state index is 6.03. The predicted octanol–water partition coefficient (Wildman–Crippen LogP) is 7.22. The first-order valence-electron chi connectivity index (χ1n) is 13.5. The number of hydrogen-bond acceptors (Lipinski definition) is 7. The van der Waals surface area contributed by atoms with Crippen molar-refractivity contribution in [2.45, 2.75) is 11.8 Å². The highest BCUT2D eigenvalue weighted by Gasteiger charge is 2.42. The van der Waals surface area contributed by atoms with E-state index in [2.05, 4.69) is 42.5 Å². The number of fused-ring (bicyclic) bond motifs is 1. The maximum atomic E-state index is 6.03. The number of ether oxygens (including phenoxy) is 7. The SMILES string of the molecule is COc1ccc(C=C2c3cc(OC)cc(OC)c3[C@@H](c3ccc(OC)c(OC)c3)[C@@H]2c2cc(OC)cc(OC)c2)cc1. The van der Waals surface area contributed by atoms with Gasteiger partial charge >= 0.3 is 0 Å². The van der Waals surface area contributed by atoms with Crippen molar-refractivity contribution in [3.05, 3.63) is 101 Å². The molecule has 0 fully saturated rings. The van der Waals surface area contributed by atoms with Gasteiger partial charge < -0.3 is 33.2 Å². The second-order valence-electron chi connectivity index (χ2n) is 9.88. The molecule has 0 amide bonds. The van der Waals surface area contributed by atoms with Crippen molar-refractivity contribution in [3.63, 3.8) is 0 Å². The van der Waals surface area contributed by atoms with Crippen LogP contribution in [0.15, 0.2) is 72.8 Å². The van der Waals surface area contributed by atoms with Crippen LogP contribution in [-0.4, -0.2) is 49.8 Å². The van der Waals surface area contributed by atoms with E-state index in [-0.39, 0.29) is 11.8 Å². The van der Waals surface area contributed by atoms with Crippen LogP contribution in [0.1, 0.15) is 39.7 Å². The zero-order chi connectivity index (χ0) is 29.8. The Morgan fingerprint density at radius 1 is 0.452 bits per heavy atom. The van der Waals surface area contributed by atoms with Crippen molar-refractivity contribution in [1.82, 2.24) is 0 Å². The van der Waals surface area contributed by atoms with Gasteiger partial charge in [-0.05, 0) is 70.3 Å². The van der Waals surface area contributed by atoms with Crippen molar-refractivity contribution in [3.8, 4) is 40.2 Å². The summed E-state index contributed by atoms with van der Waals surface area (Å²) in [6.07, 6.45) is 2.22. The van der Waals surface area contributed by atoms with E-state index in [1.54, 1.807) is 49.8 Å². The highest BCUT2D eigenvalue weighted by Crippen LogP contribution is 2.59. The second-order valence-corrected chi connectivity index (χ2v) is 9.88. The molecule has 0 saturated heterocycles. The quantitative estimate of drug-likeness (QED) is 0.200. The fourth-order valence-corrected chi connectivity index (χ4v) is 5.80. The van der Waals surface area contributed by atoms with Gasteiger partial charge in [-0.3, -0.25) is 0 Å². The molecule has 218 valence electrons. The number of hydrogen-bond donors (Lipinski definition) is 0. The number of allylic oxidation sites excluding steroid dienone is 1. The Hall–Kier alpha value is -4.78. The van der Waals surface area contributed by atoms with Crippen LogP contribution in [0.4, 0.5) is 0 Å². The molecule has 7 heteroatoms. The molecule has 7 nitrogen and oxygen atoms in total. The van der Waals surface area contributed by atoms with Crippen molar-refractivity contribution in [2.24, 2.45) is 0 Å². The van der Waals surface area contributed by atoms with Crippen molar-refractivity contribution in [2.75, 3.05) is 49.8 Å². The highest BCUT2D eigenvalue weighted by molar-refractivity contribution is 5.93. The van der Waals surface area contributed by atoms with Crippen LogP contribution < -0.4 is 33.2 Å². The minimum absolute atomic E-state index is 0.148. The first-order chi connectivity index (χ1) is 20.5. The summed E-state index contributed by atoms with van der Waals surface area (Å²) in [7, 11) is 11.6. The topological polar surface area (TPSA) is 64.6 Å². The van der Waals surface area contributed by atoms with Crippen molar-refractivity contribution >= 4 is 11.6 Å². The Morgan fingerprint density at radius 2 is 1.05 bits per heavy atom. The molecule has 5 rings (SSSR count). The van der Waals surface area contributed by atoms with Crippen LogP contribution in [0.2, 0.25) is 0 Å². The molecular formula is C35H36O7. The summed E-state index contributed by atoms with van der Waals surface area (Å²) in [4.78, 5) is 0. The summed E-state index contributed by atoms with van der Waals surface area (Å²) in [6, 6.07) is 24.1. The molecule has 4 aromatic rings. The van der Waals surface area contributed by atoms with Crippen LogP contribution >= 0.6 is 0 Å². The predicted molar refractivity (Wildman–Crippen MR) is 164 cm³/mol. The van der Waals surface area contributed by atoms with Gasteiger partial charge in [0, 0.05) is 29.5 Å². The highest BCUT2D eigenvalue weighted by atomic mass is 16.5. The molecule has 0 aromatic heterocycles. The molecule has 0 bridgehead atoms. The molecular weight excluding hydrogens is 532 g/mol. The maximum Gasteiger partial charge on any atom is 0.161 e. The van der Waals surface area contributed by atoms with Gasteiger partial charge in [0.1, 0.15) is 28.7 Å². The summed E-state index contributed by atoms with van der Waals surface area (Å²) in [5.41, 5.74) is 6.30. The van der Waals surface area contributed by atoms with E-state index in [9.17, 15) is 0 Å². The second kappa shape index (κ2) is 12.4. The standard InChI is InChI=1S/C35H36O7/c1-36-24-11-8-21(9-12-24)14-28-29-19-27(39-4)20-32(42-7)35(29)34(22-10-13-30(40-5)31(17-22)41-6)33(28)23-15-25(37-2)18-26(16-23)38-3/h8-20,33-34H,1-7H3/t33-,34+/m1/s1. The Kier molecular flexibility index (Phi) is 8.48.